The van der Waals surface area contributed by atoms with E-state index in [2.05, 4.69) is 26.2 Å². The van der Waals surface area contributed by atoms with Crippen LogP contribution in [-0.2, 0) is 4.79 Å². The second-order valence-corrected chi connectivity index (χ2v) is 5.68. The number of anilines is 1. The monoisotopic (exact) mass is 391 g/mol. The molecule has 0 unspecified atom stereocenters. The summed E-state index contributed by atoms with van der Waals surface area (Å²) in [4.78, 5) is 25.8. The quantitative estimate of drug-likeness (QED) is 0.453. The molecule has 0 radical (unpaired) electrons. The number of non-ortho nitro benzene ring substituents is 1. The van der Waals surface area contributed by atoms with Gasteiger partial charge in [0.1, 0.15) is 5.75 Å². The lowest BCUT2D eigenvalue weighted by molar-refractivity contribution is -0.385. The molecule has 0 aromatic heterocycles. The van der Waals surface area contributed by atoms with E-state index < -0.39 is 4.92 Å². The number of halogens is 1. The van der Waals surface area contributed by atoms with E-state index >= 15 is 0 Å². The zero-order valence-corrected chi connectivity index (χ0v) is 14.3. The fourth-order valence-electron chi connectivity index (χ4n) is 1.83. The van der Waals surface area contributed by atoms with E-state index in [1.165, 1.54) is 18.3 Å². The number of nitro benzene ring substituents is 1. The molecule has 24 heavy (non-hydrogen) atoms. The van der Waals surface area contributed by atoms with Crippen LogP contribution in [0.1, 0.15) is 18.9 Å². The van der Waals surface area contributed by atoms with E-state index in [4.69, 9.17) is 0 Å². The van der Waals surface area contributed by atoms with E-state index in [0.29, 0.717) is 17.8 Å². The van der Waals surface area contributed by atoms with E-state index in [1.54, 1.807) is 31.2 Å². The number of benzene rings is 2. The Morgan fingerprint density at radius 1 is 1.38 bits per heavy atom. The third-order valence-electron chi connectivity index (χ3n) is 3.11. The maximum atomic E-state index is 11.3. The van der Waals surface area contributed by atoms with Crippen LogP contribution in [0, 0.1) is 10.1 Å². The van der Waals surface area contributed by atoms with Crippen LogP contribution >= 0.6 is 15.9 Å². The highest BCUT2D eigenvalue weighted by Crippen LogP contribution is 2.32. The minimum Gasteiger partial charge on any atom is -0.506 e. The molecule has 0 spiro atoms. The zero-order chi connectivity index (χ0) is 17.7. The number of aromatic hydroxyl groups is 1. The maximum Gasteiger partial charge on any atom is 0.271 e. The zero-order valence-electron chi connectivity index (χ0n) is 12.7. The molecule has 8 heteroatoms. The van der Waals surface area contributed by atoms with Gasteiger partial charge >= 0.3 is 0 Å². The van der Waals surface area contributed by atoms with Crippen LogP contribution < -0.4 is 5.32 Å². The van der Waals surface area contributed by atoms with Crippen molar-refractivity contribution in [2.24, 2.45) is 4.99 Å². The number of nitro groups is 1. The number of hydrogen-bond donors (Lipinski definition) is 2. The van der Waals surface area contributed by atoms with Gasteiger partial charge in [-0.2, -0.15) is 0 Å². The van der Waals surface area contributed by atoms with Gasteiger partial charge in [0.2, 0.25) is 5.91 Å². The van der Waals surface area contributed by atoms with Gasteiger partial charge in [0.05, 0.1) is 15.1 Å². The van der Waals surface area contributed by atoms with Gasteiger partial charge in [0.25, 0.3) is 5.69 Å². The highest BCUT2D eigenvalue weighted by atomic mass is 79.9. The number of amides is 1. The van der Waals surface area contributed by atoms with E-state index in [1.807, 2.05) is 0 Å². The SMILES string of the molecule is CCC(=O)Nc1ccc(N=Cc2cc([N+](=O)[O-])cc(Br)c2O)cc1. The molecule has 0 aliphatic rings. The van der Waals surface area contributed by atoms with E-state index in [9.17, 15) is 20.0 Å². The smallest absolute Gasteiger partial charge is 0.271 e. The maximum absolute atomic E-state index is 11.3. The van der Waals surface area contributed by atoms with Crippen molar-refractivity contribution in [1.82, 2.24) is 0 Å². The fourth-order valence-corrected chi connectivity index (χ4v) is 2.30. The van der Waals surface area contributed by atoms with Gasteiger partial charge in [-0.15, -0.1) is 0 Å². The minimum absolute atomic E-state index is 0.0855. The summed E-state index contributed by atoms with van der Waals surface area (Å²) in [5.41, 5.74) is 1.30. The topological polar surface area (TPSA) is 105 Å². The number of phenols is 1. The molecule has 0 aliphatic heterocycles. The van der Waals surface area contributed by atoms with E-state index in [-0.39, 0.29) is 27.4 Å². The predicted molar refractivity (Wildman–Crippen MR) is 95.1 cm³/mol. The van der Waals surface area contributed by atoms with Gasteiger partial charge in [0.15, 0.2) is 0 Å². The third kappa shape index (κ3) is 4.39. The number of carbonyl (C=O) groups is 1. The molecule has 7 nitrogen and oxygen atoms in total. The first kappa shape index (κ1) is 17.6. The summed E-state index contributed by atoms with van der Waals surface area (Å²) in [7, 11) is 0. The number of nitrogens with one attached hydrogen (secondary N) is 1. The highest BCUT2D eigenvalue weighted by molar-refractivity contribution is 9.10. The molecular weight excluding hydrogens is 378 g/mol. The fraction of sp³-hybridized carbons (Fsp3) is 0.125. The van der Waals surface area contributed by atoms with Crippen molar-refractivity contribution in [3.8, 4) is 5.75 Å². The Morgan fingerprint density at radius 2 is 2.04 bits per heavy atom. The Labute approximate surface area is 146 Å². The standard InChI is InChI=1S/C16H14BrN3O4/c1-2-15(21)19-12-5-3-11(4-6-12)18-9-10-7-13(20(23)24)8-14(17)16(10)22/h3-9,22H,2H2,1H3,(H,19,21). The van der Waals surface area contributed by atoms with Gasteiger partial charge in [-0.3, -0.25) is 19.9 Å². The van der Waals surface area contributed by atoms with Gasteiger partial charge in [0, 0.05) is 36.0 Å². The Hall–Kier alpha value is -2.74. The van der Waals surface area contributed by atoms with Crippen molar-refractivity contribution < 1.29 is 14.8 Å². The number of carbonyl (C=O) groups excluding carboxylic acids is 1. The molecule has 1 amide bonds. The Balaban J connectivity index is 2.22. The van der Waals surface area contributed by atoms with Crippen molar-refractivity contribution >= 4 is 45.1 Å². The van der Waals surface area contributed by atoms with Crippen molar-refractivity contribution in [2.45, 2.75) is 13.3 Å². The first-order valence-electron chi connectivity index (χ1n) is 7.01. The van der Waals surface area contributed by atoms with Gasteiger partial charge < -0.3 is 10.4 Å². The number of nitrogens with zero attached hydrogens (tertiary/aromatic N) is 2. The number of phenolic OH excluding ortho intramolecular Hbond substituents is 1. The lowest BCUT2D eigenvalue weighted by atomic mass is 10.2. The van der Waals surface area contributed by atoms with E-state index in [0.717, 1.165) is 0 Å². The molecule has 124 valence electrons. The van der Waals surface area contributed by atoms with Crippen LogP contribution in [0.4, 0.5) is 17.1 Å². The first-order chi connectivity index (χ1) is 11.4. The van der Waals surface area contributed by atoms with Gasteiger partial charge in [-0.1, -0.05) is 6.92 Å². The number of hydrogen-bond acceptors (Lipinski definition) is 5. The number of rotatable bonds is 5. The lowest BCUT2D eigenvalue weighted by Gasteiger charge is -2.04. The molecule has 2 N–H and O–H groups in total. The summed E-state index contributed by atoms with van der Waals surface area (Å²) in [6, 6.07) is 9.22. The summed E-state index contributed by atoms with van der Waals surface area (Å²) in [6.45, 7) is 1.76. The summed E-state index contributed by atoms with van der Waals surface area (Å²) in [6.07, 6.45) is 1.73. The molecule has 0 saturated carbocycles. The molecular formula is C16H14BrN3O4. The average molecular weight is 392 g/mol. The van der Waals surface area contributed by atoms with Crippen molar-refractivity contribution in [1.29, 1.82) is 0 Å². The van der Waals surface area contributed by atoms with Crippen molar-refractivity contribution in [3.05, 3.63) is 56.5 Å². The lowest BCUT2D eigenvalue weighted by Crippen LogP contribution is -2.08. The van der Waals surface area contributed by atoms with Crippen LogP contribution in [0.3, 0.4) is 0 Å². The van der Waals surface area contributed by atoms with Crippen molar-refractivity contribution in [3.63, 3.8) is 0 Å². The number of aliphatic imine (C=N–C) groups is 1. The summed E-state index contributed by atoms with van der Waals surface area (Å²) in [5, 5.41) is 23.5. The van der Waals surface area contributed by atoms with Crippen LogP contribution in [-0.4, -0.2) is 22.2 Å². The summed E-state index contributed by atoms with van der Waals surface area (Å²) in [5.74, 6) is -0.214. The Morgan fingerprint density at radius 3 is 2.62 bits per heavy atom. The minimum atomic E-state index is -0.549. The van der Waals surface area contributed by atoms with Crippen LogP contribution in [0.25, 0.3) is 0 Å². The molecule has 0 bridgehead atoms. The molecule has 0 atom stereocenters. The highest BCUT2D eigenvalue weighted by Gasteiger charge is 2.13. The van der Waals surface area contributed by atoms with Crippen LogP contribution in [0.2, 0.25) is 0 Å². The molecule has 2 rings (SSSR count). The molecule has 0 heterocycles. The van der Waals surface area contributed by atoms with Crippen molar-refractivity contribution in [2.75, 3.05) is 5.32 Å². The first-order valence-corrected chi connectivity index (χ1v) is 7.81. The second-order valence-electron chi connectivity index (χ2n) is 4.83. The molecule has 2 aromatic carbocycles. The molecule has 2 aromatic rings. The predicted octanol–water partition coefficient (Wildman–Crippen LogP) is 4.16. The second kappa shape index (κ2) is 7.69. The Bertz CT molecular complexity index is 804. The molecule has 0 aliphatic carbocycles. The summed E-state index contributed by atoms with van der Waals surface area (Å²) >= 11 is 3.07. The third-order valence-corrected chi connectivity index (χ3v) is 3.72. The average Bonchev–Trinajstić information content (AvgIpc) is 2.57. The van der Waals surface area contributed by atoms with Gasteiger partial charge in [-0.25, -0.2) is 0 Å². The molecule has 0 saturated heterocycles. The van der Waals surface area contributed by atoms with Crippen LogP contribution in [0.5, 0.6) is 5.75 Å². The normalized spacial score (nSPS) is 10.8. The van der Waals surface area contributed by atoms with Gasteiger partial charge in [-0.05, 0) is 40.2 Å². The van der Waals surface area contributed by atoms with Crippen LogP contribution in [0.15, 0.2) is 45.9 Å². The Kier molecular flexibility index (Phi) is 5.64. The summed E-state index contributed by atoms with van der Waals surface area (Å²) < 4.78 is 0.218. The largest absolute Gasteiger partial charge is 0.506 e. The molecule has 0 fully saturated rings.